The highest BCUT2D eigenvalue weighted by atomic mass is 32.1. The Kier molecular flexibility index (Phi) is 5.94. The van der Waals surface area contributed by atoms with E-state index in [1.807, 2.05) is 17.5 Å². The third-order valence-corrected chi connectivity index (χ3v) is 6.34. The molecule has 156 valence electrons. The van der Waals surface area contributed by atoms with Crippen molar-refractivity contribution in [3.63, 3.8) is 0 Å². The van der Waals surface area contributed by atoms with Gasteiger partial charge in [0.05, 0.1) is 23.2 Å². The van der Waals surface area contributed by atoms with Crippen molar-refractivity contribution in [3.05, 3.63) is 57.3 Å². The fourth-order valence-electron chi connectivity index (χ4n) is 3.92. The minimum atomic E-state index is -0.708. The predicted molar refractivity (Wildman–Crippen MR) is 110 cm³/mol. The Bertz CT molecular complexity index is 979. The Balaban J connectivity index is 1.38. The van der Waals surface area contributed by atoms with Crippen LogP contribution in [-0.4, -0.2) is 41.2 Å². The van der Waals surface area contributed by atoms with Gasteiger partial charge >= 0.3 is 5.97 Å². The van der Waals surface area contributed by atoms with Crippen molar-refractivity contribution >= 4 is 35.0 Å². The molecule has 2 heterocycles. The van der Waals surface area contributed by atoms with Gasteiger partial charge in [-0.25, -0.2) is 4.79 Å². The molecular formula is C22H22N2O5S. The first-order valence-corrected chi connectivity index (χ1v) is 10.9. The summed E-state index contributed by atoms with van der Waals surface area (Å²) in [6, 6.07) is 8.06. The fourth-order valence-corrected chi connectivity index (χ4v) is 4.57. The maximum absolute atomic E-state index is 12.8. The van der Waals surface area contributed by atoms with E-state index in [4.69, 9.17) is 4.74 Å². The van der Waals surface area contributed by atoms with Gasteiger partial charge in [0.2, 0.25) is 0 Å². The van der Waals surface area contributed by atoms with Crippen LogP contribution in [-0.2, 0) is 16.1 Å². The summed E-state index contributed by atoms with van der Waals surface area (Å²) in [6.45, 7) is -0.0388. The number of nitrogens with zero attached hydrogens (tertiary/aromatic N) is 1. The first-order chi connectivity index (χ1) is 14.5. The number of nitrogens with one attached hydrogen (secondary N) is 1. The number of hydrogen-bond acceptors (Lipinski definition) is 6. The van der Waals surface area contributed by atoms with E-state index in [1.165, 1.54) is 34.4 Å². The number of amides is 3. The van der Waals surface area contributed by atoms with Crippen LogP contribution in [0.25, 0.3) is 0 Å². The first kappa shape index (κ1) is 20.3. The molecule has 3 amide bonds. The molecule has 1 aliphatic heterocycles. The second-order valence-corrected chi connectivity index (χ2v) is 8.50. The van der Waals surface area contributed by atoms with Gasteiger partial charge in [-0.3, -0.25) is 19.3 Å². The molecule has 0 unspecified atom stereocenters. The van der Waals surface area contributed by atoms with E-state index in [2.05, 4.69) is 5.32 Å². The average molecular weight is 426 g/mol. The molecule has 1 N–H and O–H groups in total. The lowest BCUT2D eigenvalue weighted by atomic mass is 9.94. The van der Waals surface area contributed by atoms with Gasteiger partial charge in [0.25, 0.3) is 17.7 Å². The number of carbonyl (C=O) groups excluding carboxylic acids is 4. The monoisotopic (exact) mass is 426 g/mol. The van der Waals surface area contributed by atoms with Gasteiger partial charge in [0.1, 0.15) is 0 Å². The predicted octanol–water partition coefficient (Wildman–Crippen LogP) is 3.15. The number of hydrogen-bond donors (Lipinski definition) is 1. The Morgan fingerprint density at radius 3 is 2.57 bits per heavy atom. The SMILES string of the molecule is O=C(COC(=O)c1ccc2c(c1)C(=O)N(C1CCCCC1)C2=O)NCc1cccs1. The number of fused-ring (bicyclic) bond motifs is 1. The number of rotatable bonds is 6. The molecule has 0 bridgehead atoms. The van der Waals surface area contributed by atoms with E-state index in [9.17, 15) is 19.2 Å². The summed E-state index contributed by atoms with van der Waals surface area (Å²) < 4.78 is 5.07. The summed E-state index contributed by atoms with van der Waals surface area (Å²) in [4.78, 5) is 52.1. The molecule has 1 fully saturated rings. The molecule has 30 heavy (non-hydrogen) atoms. The molecule has 1 saturated carbocycles. The summed E-state index contributed by atoms with van der Waals surface area (Å²) in [7, 11) is 0. The van der Waals surface area contributed by atoms with E-state index < -0.39 is 18.5 Å². The molecule has 2 aliphatic rings. The zero-order valence-electron chi connectivity index (χ0n) is 16.4. The molecule has 0 spiro atoms. The summed E-state index contributed by atoms with van der Waals surface area (Å²) in [5.74, 6) is -1.77. The zero-order valence-corrected chi connectivity index (χ0v) is 17.2. The van der Waals surface area contributed by atoms with Crippen LogP contribution in [0.5, 0.6) is 0 Å². The zero-order chi connectivity index (χ0) is 21.1. The van der Waals surface area contributed by atoms with E-state index >= 15 is 0 Å². The number of thiophene rings is 1. The number of esters is 1. The standard InChI is InChI=1S/C22H22N2O5S/c25-19(23-12-16-7-4-10-30-16)13-29-22(28)14-8-9-17-18(11-14)21(27)24(20(17)26)15-5-2-1-3-6-15/h4,7-11,15H,1-3,5-6,12-13H2,(H,23,25). The quantitative estimate of drug-likeness (QED) is 0.566. The maximum atomic E-state index is 12.8. The highest BCUT2D eigenvalue weighted by molar-refractivity contribution is 7.09. The molecule has 1 aliphatic carbocycles. The minimum absolute atomic E-state index is 0.0754. The van der Waals surface area contributed by atoms with E-state index in [0.717, 1.165) is 37.0 Å². The van der Waals surface area contributed by atoms with Crippen LogP contribution in [0.1, 0.15) is 68.1 Å². The molecule has 8 heteroatoms. The Hall–Kier alpha value is -3.00. The van der Waals surface area contributed by atoms with Crippen molar-refractivity contribution in [2.24, 2.45) is 0 Å². The number of benzene rings is 1. The second kappa shape index (κ2) is 8.79. The molecule has 4 rings (SSSR count). The summed E-state index contributed by atoms with van der Waals surface area (Å²) in [5.41, 5.74) is 0.685. The molecule has 7 nitrogen and oxygen atoms in total. The van der Waals surface area contributed by atoms with Crippen LogP contribution in [0, 0.1) is 0 Å². The largest absolute Gasteiger partial charge is 0.452 e. The van der Waals surface area contributed by atoms with Crippen molar-refractivity contribution in [2.75, 3.05) is 6.61 Å². The molecule has 0 radical (unpaired) electrons. The third-order valence-electron chi connectivity index (χ3n) is 5.47. The molecule has 0 saturated heterocycles. The highest BCUT2D eigenvalue weighted by Gasteiger charge is 2.40. The van der Waals surface area contributed by atoms with Crippen LogP contribution in [0.4, 0.5) is 0 Å². The summed E-state index contributed by atoms with van der Waals surface area (Å²) in [6.07, 6.45) is 4.77. The van der Waals surface area contributed by atoms with Gasteiger partial charge < -0.3 is 10.1 Å². The van der Waals surface area contributed by atoms with Crippen LogP contribution in [0.15, 0.2) is 35.7 Å². The summed E-state index contributed by atoms with van der Waals surface area (Å²) in [5, 5.41) is 4.59. The number of imide groups is 1. The van der Waals surface area contributed by atoms with Crippen molar-refractivity contribution in [1.29, 1.82) is 0 Å². The highest BCUT2D eigenvalue weighted by Crippen LogP contribution is 2.31. The van der Waals surface area contributed by atoms with Crippen LogP contribution in [0.2, 0.25) is 0 Å². The van der Waals surface area contributed by atoms with Gasteiger partial charge in [-0.15, -0.1) is 11.3 Å². The topological polar surface area (TPSA) is 92.8 Å². The van der Waals surface area contributed by atoms with E-state index in [-0.39, 0.29) is 29.0 Å². The Morgan fingerprint density at radius 1 is 1.07 bits per heavy atom. The lowest BCUT2D eigenvalue weighted by molar-refractivity contribution is -0.124. The van der Waals surface area contributed by atoms with Gasteiger partial charge in [0.15, 0.2) is 6.61 Å². The average Bonchev–Trinajstić information content (AvgIpc) is 3.37. The van der Waals surface area contributed by atoms with Crippen molar-refractivity contribution in [3.8, 4) is 0 Å². The smallest absolute Gasteiger partial charge is 0.338 e. The van der Waals surface area contributed by atoms with Crippen molar-refractivity contribution in [2.45, 2.75) is 44.7 Å². The Morgan fingerprint density at radius 2 is 1.83 bits per heavy atom. The second-order valence-electron chi connectivity index (χ2n) is 7.46. The van der Waals surface area contributed by atoms with E-state index in [1.54, 1.807) is 0 Å². The first-order valence-electron chi connectivity index (χ1n) is 10.0. The lowest BCUT2D eigenvalue weighted by Gasteiger charge is -2.29. The fraction of sp³-hybridized carbons (Fsp3) is 0.364. The molecule has 1 aromatic carbocycles. The molecule has 2 aromatic rings. The lowest BCUT2D eigenvalue weighted by Crippen LogP contribution is -2.40. The third kappa shape index (κ3) is 4.14. The number of ether oxygens (including phenoxy) is 1. The van der Waals surface area contributed by atoms with Crippen molar-refractivity contribution in [1.82, 2.24) is 10.2 Å². The van der Waals surface area contributed by atoms with Crippen LogP contribution >= 0.6 is 11.3 Å². The van der Waals surface area contributed by atoms with Crippen LogP contribution < -0.4 is 5.32 Å². The van der Waals surface area contributed by atoms with Gasteiger partial charge in [-0.1, -0.05) is 25.3 Å². The normalized spacial score (nSPS) is 16.5. The van der Waals surface area contributed by atoms with E-state index in [0.29, 0.717) is 12.1 Å². The molecular weight excluding hydrogens is 404 g/mol. The van der Waals surface area contributed by atoms with Gasteiger partial charge in [-0.05, 0) is 42.5 Å². The van der Waals surface area contributed by atoms with Crippen LogP contribution in [0.3, 0.4) is 0 Å². The minimum Gasteiger partial charge on any atom is -0.452 e. The molecule has 0 atom stereocenters. The maximum Gasteiger partial charge on any atom is 0.338 e. The number of carbonyl (C=O) groups is 4. The Labute approximate surface area is 178 Å². The summed E-state index contributed by atoms with van der Waals surface area (Å²) >= 11 is 1.52. The van der Waals surface area contributed by atoms with Gasteiger partial charge in [0, 0.05) is 10.9 Å². The molecule has 1 aromatic heterocycles. The van der Waals surface area contributed by atoms with Crippen molar-refractivity contribution < 1.29 is 23.9 Å². The van der Waals surface area contributed by atoms with Gasteiger partial charge in [-0.2, -0.15) is 0 Å².